The average Bonchev–Trinajstić information content (AvgIpc) is 3.23. The Morgan fingerprint density at radius 3 is 2.88 bits per heavy atom. The minimum atomic E-state index is -0.296. The molecule has 0 bridgehead atoms. The third-order valence-corrected chi connectivity index (χ3v) is 4.64. The third kappa shape index (κ3) is 2.90. The van der Waals surface area contributed by atoms with Crippen LogP contribution in [-0.4, -0.2) is 20.2 Å². The summed E-state index contributed by atoms with van der Waals surface area (Å²) in [6.45, 7) is 0.464. The van der Waals surface area contributed by atoms with Crippen LogP contribution in [0.2, 0.25) is 0 Å². The summed E-state index contributed by atoms with van der Waals surface area (Å²) in [5, 5.41) is 20.4. The van der Waals surface area contributed by atoms with Crippen molar-refractivity contribution in [2.24, 2.45) is 5.73 Å². The number of nitriles is 1. The third-order valence-electron chi connectivity index (χ3n) is 4.64. The Kier molecular flexibility index (Phi) is 4.00. The van der Waals surface area contributed by atoms with Crippen molar-refractivity contribution in [1.82, 2.24) is 20.2 Å². The van der Waals surface area contributed by atoms with Gasteiger partial charge in [-0.3, -0.25) is 0 Å². The fraction of sp³-hybridized carbons (Fsp3) is 0.263. The van der Waals surface area contributed by atoms with E-state index in [0.29, 0.717) is 25.2 Å². The molecule has 124 valence electrons. The van der Waals surface area contributed by atoms with E-state index in [1.807, 2.05) is 0 Å². The molecule has 0 spiro atoms. The van der Waals surface area contributed by atoms with E-state index >= 15 is 0 Å². The van der Waals surface area contributed by atoms with E-state index in [1.54, 1.807) is 4.68 Å². The molecule has 6 heteroatoms. The highest BCUT2D eigenvalue weighted by molar-refractivity contribution is 5.76. The molecule has 2 aromatic carbocycles. The van der Waals surface area contributed by atoms with Gasteiger partial charge in [0.25, 0.3) is 0 Å². The lowest BCUT2D eigenvalue weighted by Crippen LogP contribution is -2.20. The zero-order valence-electron chi connectivity index (χ0n) is 13.8. The number of nitrogens with two attached hydrogens (primary N) is 1. The zero-order valence-corrected chi connectivity index (χ0v) is 13.8. The monoisotopic (exact) mass is 330 g/mol. The minimum Gasteiger partial charge on any atom is -0.321 e. The van der Waals surface area contributed by atoms with Crippen LogP contribution >= 0.6 is 0 Å². The van der Waals surface area contributed by atoms with E-state index in [1.165, 1.54) is 27.8 Å². The Labute approximate surface area is 145 Å². The molecule has 1 heterocycles. The van der Waals surface area contributed by atoms with Crippen molar-refractivity contribution in [3.8, 4) is 17.2 Å². The maximum absolute atomic E-state index is 8.73. The number of rotatable bonds is 5. The number of fused-ring (bicyclic) bond motifs is 3. The predicted molar refractivity (Wildman–Crippen MR) is 93.4 cm³/mol. The largest absolute Gasteiger partial charge is 0.321 e. The highest BCUT2D eigenvalue weighted by Crippen LogP contribution is 2.37. The van der Waals surface area contributed by atoms with Crippen molar-refractivity contribution in [2.45, 2.75) is 31.8 Å². The molecule has 1 atom stereocenters. The highest BCUT2D eigenvalue weighted by atomic mass is 15.5. The molecule has 25 heavy (non-hydrogen) atoms. The average molecular weight is 330 g/mol. The van der Waals surface area contributed by atoms with Gasteiger partial charge in [0, 0.05) is 0 Å². The van der Waals surface area contributed by atoms with Gasteiger partial charge in [0.2, 0.25) is 0 Å². The van der Waals surface area contributed by atoms with Crippen LogP contribution in [0, 0.1) is 11.3 Å². The van der Waals surface area contributed by atoms with Gasteiger partial charge in [0.15, 0.2) is 5.82 Å². The van der Waals surface area contributed by atoms with Crippen LogP contribution in [0.15, 0.2) is 42.5 Å². The van der Waals surface area contributed by atoms with Crippen LogP contribution in [0.1, 0.15) is 35.0 Å². The summed E-state index contributed by atoms with van der Waals surface area (Å²) in [7, 11) is 0. The standard InChI is InChI=1S/C19H18N6/c20-8-3-9-25-19(22-23-24-25)18(21)11-13-6-7-17-15(10-13)12-14-4-1-2-5-16(14)17/h1-2,4-7,10,18H,3,9,11-12,21H2. The molecule has 1 aliphatic carbocycles. The molecule has 1 aromatic heterocycles. The molecule has 1 aliphatic rings. The van der Waals surface area contributed by atoms with Gasteiger partial charge in [0.05, 0.1) is 25.1 Å². The second-order valence-corrected chi connectivity index (χ2v) is 6.30. The van der Waals surface area contributed by atoms with Gasteiger partial charge in [-0.1, -0.05) is 42.5 Å². The van der Waals surface area contributed by atoms with E-state index in [2.05, 4.69) is 64.1 Å². The Morgan fingerprint density at radius 2 is 2.00 bits per heavy atom. The second kappa shape index (κ2) is 6.46. The van der Waals surface area contributed by atoms with Crippen molar-refractivity contribution in [1.29, 1.82) is 5.26 Å². The molecule has 4 rings (SSSR count). The Bertz CT molecular complexity index is 953. The maximum Gasteiger partial charge on any atom is 0.168 e. The number of nitrogens with zero attached hydrogens (tertiary/aromatic N) is 5. The smallest absolute Gasteiger partial charge is 0.168 e. The Balaban J connectivity index is 1.54. The molecule has 0 radical (unpaired) electrons. The van der Waals surface area contributed by atoms with Crippen LogP contribution in [0.4, 0.5) is 0 Å². The first kappa shape index (κ1) is 15.5. The predicted octanol–water partition coefficient (Wildman–Crippen LogP) is 2.40. The van der Waals surface area contributed by atoms with E-state index in [-0.39, 0.29) is 6.04 Å². The second-order valence-electron chi connectivity index (χ2n) is 6.30. The summed E-state index contributed by atoms with van der Waals surface area (Å²) in [6.07, 6.45) is 1.99. The lowest BCUT2D eigenvalue weighted by atomic mass is 9.99. The molecule has 0 amide bonds. The quantitative estimate of drug-likeness (QED) is 0.606. The Morgan fingerprint density at radius 1 is 1.16 bits per heavy atom. The molecular formula is C19H18N6. The van der Waals surface area contributed by atoms with Crippen molar-refractivity contribution < 1.29 is 0 Å². The highest BCUT2D eigenvalue weighted by Gasteiger charge is 2.20. The number of benzene rings is 2. The van der Waals surface area contributed by atoms with Crippen LogP contribution < -0.4 is 5.73 Å². The van der Waals surface area contributed by atoms with Crippen molar-refractivity contribution in [2.75, 3.05) is 0 Å². The lowest BCUT2D eigenvalue weighted by molar-refractivity contribution is 0.535. The van der Waals surface area contributed by atoms with E-state index in [9.17, 15) is 0 Å². The first-order valence-electron chi connectivity index (χ1n) is 8.35. The molecule has 0 saturated heterocycles. The SMILES string of the molecule is N#CCCn1nnnc1C(N)Cc1ccc2c(c1)Cc1ccccc1-2. The van der Waals surface area contributed by atoms with Crippen molar-refractivity contribution in [3.05, 3.63) is 65.0 Å². The maximum atomic E-state index is 8.73. The number of aryl methyl sites for hydroxylation is 1. The molecule has 0 aliphatic heterocycles. The summed E-state index contributed by atoms with van der Waals surface area (Å²) in [5.74, 6) is 0.624. The fourth-order valence-corrected chi connectivity index (χ4v) is 3.46. The summed E-state index contributed by atoms with van der Waals surface area (Å²) < 4.78 is 1.62. The normalized spacial score (nSPS) is 13.1. The van der Waals surface area contributed by atoms with Crippen LogP contribution in [0.5, 0.6) is 0 Å². The summed E-state index contributed by atoms with van der Waals surface area (Å²) in [5.41, 5.74) is 12.9. The molecule has 1 unspecified atom stereocenters. The van der Waals surface area contributed by atoms with E-state index in [0.717, 1.165) is 6.42 Å². The minimum absolute atomic E-state index is 0.296. The van der Waals surface area contributed by atoms with Gasteiger partial charge in [-0.15, -0.1) is 5.10 Å². The van der Waals surface area contributed by atoms with Crippen LogP contribution in [-0.2, 0) is 19.4 Å². The van der Waals surface area contributed by atoms with Gasteiger partial charge >= 0.3 is 0 Å². The number of hydrogen-bond acceptors (Lipinski definition) is 5. The summed E-state index contributed by atoms with van der Waals surface area (Å²) in [6, 6.07) is 16.9. The summed E-state index contributed by atoms with van der Waals surface area (Å²) in [4.78, 5) is 0. The van der Waals surface area contributed by atoms with Gasteiger partial charge in [-0.2, -0.15) is 5.26 Å². The van der Waals surface area contributed by atoms with Gasteiger partial charge in [-0.25, -0.2) is 4.68 Å². The van der Waals surface area contributed by atoms with Crippen LogP contribution in [0.25, 0.3) is 11.1 Å². The first-order valence-corrected chi connectivity index (χ1v) is 8.35. The first-order chi connectivity index (χ1) is 12.3. The summed E-state index contributed by atoms with van der Waals surface area (Å²) >= 11 is 0. The Hall–Kier alpha value is -3.04. The molecule has 2 N–H and O–H groups in total. The molecule has 6 nitrogen and oxygen atoms in total. The topological polar surface area (TPSA) is 93.4 Å². The van der Waals surface area contributed by atoms with E-state index < -0.39 is 0 Å². The number of aromatic nitrogens is 4. The van der Waals surface area contributed by atoms with Crippen LogP contribution in [0.3, 0.4) is 0 Å². The van der Waals surface area contributed by atoms with E-state index in [4.69, 9.17) is 11.0 Å². The fourth-order valence-electron chi connectivity index (χ4n) is 3.46. The van der Waals surface area contributed by atoms with Gasteiger partial charge < -0.3 is 5.73 Å². The number of tetrazole rings is 1. The van der Waals surface area contributed by atoms with Crippen molar-refractivity contribution >= 4 is 0 Å². The molecular weight excluding hydrogens is 312 g/mol. The zero-order chi connectivity index (χ0) is 17.2. The molecule has 0 saturated carbocycles. The molecule has 3 aromatic rings. The van der Waals surface area contributed by atoms with Gasteiger partial charge in [-0.05, 0) is 51.1 Å². The number of hydrogen-bond donors (Lipinski definition) is 1. The van der Waals surface area contributed by atoms with Gasteiger partial charge in [0.1, 0.15) is 0 Å². The molecule has 0 fully saturated rings. The lowest BCUT2D eigenvalue weighted by Gasteiger charge is -2.12. The van der Waals surface area contributed by atoms with Crippen molar-refractivity contribution in [3.63, 3.8) is 0 Å².